The topological polar surface area (TPSA) is 36.5 Å². The predicted octanol–water partition coefficient (Wildman–Crippen LogP) is 4.13. The molecule has 1 aliphatic rings. The van der Waals surface area contributed by atoms with E-state index in [1.807, 2.05) is 24.3 Å². The molecule has 1 heterocycles. The number of nitrogens with zero attached hydrogens (tertiary/aromatic N) is 1. The van der Waals surface area contributed by atoms with Crippen molar-refractivity contribution in [1.82, 2.24) is 10.2 Å². The van der Waals surface area contributed by atoms with Crippen LogP contribution in [0.3, 0.4) is 0 Å². The molecule has 1 atom stereocenters. The summed E-state index contributed by atoms with van der Waals surface area (Å²) in [4.78, 5) is 2.53. The summed E-state index contributed by atoms with van der Waals surface area (Å²) in [6, 6.07) is 16.9. The van der Waals surface area contributed by atoms with Crippen molar-refractivity contribution in [2.45, 2.75) is 25.8 Å². The predicted molar refractivity (Wildman–Crippen MR) is 112 cm³/mol. The van der Waals surface area contributed by atoms with Gasteiger partial charge in [0.15, 0.2) is 5.11 Å². The van der Waals surface area contributed by atoms with Crippen LogP contribution in [0.5, 0.6) is 5.75 Å². The molecule has 3 rings (SSSR count). The van der Waals surface area contributed by atoms with Crippen molar-refractivity contribution < 1.29 is 4.74 Å². The van der Waals surface area contributed by atoms with Crippen LogP contribution in [0.15, 0.2) is 48.5 Å². The molecule has 0 amide bonds. The first-order chi connectivity index (χ1) is 12.7. The lowest BCUT2D eigenvalue weighted by atomic mass is 10.1. The minimum atomic E-state index is 0.306. The third-order valence-corrected chi connectivity index (χ3v) is 5.06. The summed E-state index contributed by atoms with van der Waals surface area (Å²) in [5, 5.41) is 7.34. The SMILES string of the molecule is COc1ccc([C@@H](CNC(=S)Nc2cccc(C)c2)N2CCCC2)cc1. The van der Waals surface area contributed by atoms with E-state index in [1.165, 1.54) is 24.0 Å². The normalized spacial score (nSPS) is 15.5. The third kappa shape index (κ3) is 4.96. The first-order valence-corrected chi connectivity index (χ1v) is 9.56. The lowest BCUT2D eigenvalue weighted by molar-refractivity contribution is 0.246. The lowest BCUT2D eigenvalue weighted by Gasteiger charge is -2.29. The summed E-state index contributed by atoms with van der Waals surface area (Å²) in [5.74, 6) is 0.888. The zero-order chi connectivity index (χ0) is 18.4. The maximum absolute atomic E-state index is 5.50. The van der Waals surface area contributed by atoms with Gasteiger partial charge in [0, 0.05) is 12.2 Å². The van der Waals surface area contributed by atoms with E-state index in [9.17, 15) is 0 Å². The lowest BCUT2D eigenvalue weighted by Crippen LogP contribution is -2.38. The number of benzene rings is 2. The van der Waals surface area contributed by atoms with Crippen LogP contribution >= 0.6 is 12.2 Å². The molecule has 0 unspecified atom stereocenters. The van der Waals surface area contributed by atoms with Crippen molar-refractivity contribution in [3.05, 3.63) is 59.7 Å². The minimum Gasteiger partial charge on any atom is -0.497 e. The molecule has 26 heavy (non-hydrogen) atoms. The van der Waals surface area contributed by atoms with Crippen LogP contribution < -0.4 is 15.4 Å². The monoisotopic (exact) mass is 369 g/mol. The molecule has 0 spiro atoms. The van der Waals surface area contributed by atoms with Gasteiger partial charge in [-0.3, -0.25) is 4.90 Å². The summed E-state index contributed by atoms with van der Waals surface area (Å²) in [7, 11) is 1.70. The zero-order valence-electron chi connectivity index (χ0n) is 15.5. The molecule has 0 bridgehead atoms. The Balaban J connectivity index is 1.64. The van der Waals surface area contributed by atoms with Gasteiger partial charge in [-0.25, -0.2) is 0 Å². The highest BCUT2D eigenvalue weighted by molar-refractivity contribution is 7.80. The van der Waals surface area contributed by atoms with Crippen molar-refractivity contribution in [3.63, 3.8) is 0 Å². The van der Waals surface area contributed by atoms with Gasteiger partial charge in [0.2, 0.25) is 0 Å². The minimum absolute atomic E-state index is 0.306. The maximum Gasteiger partial charge on any atom is 0.170 e. The van der Waals surface area contributed by atoms with Crippen LogP contribution in [0.4, 0.5) is 5.69 Å². The average molecular weight is 370 g/mol. The van der Waals surface area contributed by atoms with Gasteiger partial charge in [0.05, 0.1) is 13.2 Å². The fourth-order valence-electron chi connectivity index (χ4n) is 3.42. The van der Waals surface area contributed by atoms with Crippen LogP contribution in [-0.2, 0) is 0 Å². The Morgan fingerprint density at radius 3 is 2.54 bits per heavy atom. The smallest absolute Gasteiger partial charge is 0.170 e. The number of likely N-dealkylation sites (tertiary alicyclic amines) is 1. The van der Waals surface area contributed by atoms with Crippen molar-refractivity contribution in [2.24, 2.45) is 0 Å². The Kier molecular flexibility index (Phi) is 6.47. The summed E-state index contributed by atoms with van der Waals surface area (Å²) in [6.07, 6.45) is 2.53. The standard InChI is InChI=1S/C21H27N3OS/c1-16-6-5-7-18(14-16)23-21(26)22-15-20(24-12-3-4-13-24)17-8-10-19(25-2)11-9-17/h5-11,14,20H,3-4,12-13,15H2,1-2H3,(H2,22,23,26)/t20-/m1/s1. The summed E-state index contributed by atoms with van der Waals surface area (Å²) >= 11 is 5.50. The van der Waals surface area contributed by atoms with Gasteiger partial charge in [0.1, 0.15) is 5.75 Å². The molecule has 5 heteroatoms. The molecule has 0 aromatic heterocycles. The van der Waals surface area contributed by atoms with E-state index in [4.69, 9.17) is 17.0 Å². The second-order valence-electron chi connectivity index (χ2n) is 6.74. The summed E-state index contributed by atoms with van der Waals surface area (Å²) in [6.45, 7) is 5.13. The molecule has 0 radical (unpaired) electrons. The van der Waals surface area contributed by atoms with E-state index in [-0.39, 0.29) is 0 Å². The average Bonchev–Trinajstić information content (AvgIpc) is 3.17. The quantitative estimate of drug-likeness (QED) is 0.749. The van der Waals surface area contributed by atoms with Gasteiger partial charge in [-0.15, -0.1) is 0 Å². The largest absolute Gasteiger partial charge is 0.497 e. The molecule has 4 nitrogen and oxygen atoms in total. The van der Waals surface area contributed by atoms with Gasteiger partial charge in [-0.1, -0.05) is 24.3 Å². The number of methoxy groups -OCH3 is 1. The van der Waals surface area contributed by atoms with Gasteiger partial charge in [-0.05, 0) is 80.5 Å². The molecule has 0 aliphatic carbocycles. The molecule has 1 saturated heterocycles. The highest BCUT2D eigenvalue weighted by Gasteiger charge is 2.23. The number of rotatable bonds is 6. The molecule has 2 aromatic rings. The van der Waals surface area contributed by atoms with Crippen LogP contribution in [0.2, 0.25) is 0 Å². The van der Waals surface area contributed by atoms with E-state index >= 15 is 0 Å². The van der Waals surface area contributed by atoms with Gasteiger partial charge in [0.25, 0.3) is 0 Å². The Labute approximate surface area is 161 Å². The summed E-state index contributed by atoms with van der Waals surface area (Å²) < 4.78 is 5.29. The van der Waals surface area contributed by atoms with Crippen LogP contribution in [0.25, 0.3) is 0 Å². The van der Waals surface area contributed by atoms with Crippen molar-refractivity contribution in [3.8, 4) is 5.75 Å². The number of ether oxygens (including phenoxy) is 1. The van der Waals surface area contributed by atoms with E-state index in [1.54, 1.807) is 7.11 Å². The molecule has 0 saturated carbocycles. The molecule has 2 N–H and O–H groups in total. The number of nitrogens with one attached hydrogen (secondary N) is 2. The van der Waals surface area contributed by atoms with Gasteiger partial charge >= 0.3 is 0 Å². The van der Waals surface area contributed by atoms with E-state index < -0.39 is 0 Å². The Morgan fingerprint density at radius 1 is 1.15 bits per heavy atom. The van der Waals surface area contributed by atoms with Crippen LogP contribution in [0, 0.1) is 6.92 Å². The van der Waals surface area contributed by atoms with Crippen LogP contribution in [0.1, 0.15) is 30.0 Å². The van der Waals surface area contributed by atoms with E-state index in [0.29, 0.717) is 11.2 Å². The zero-order valence-corrected chi connectivity index (χ0v) is 16.3. The number of anilines is 1. The number of hydrogen-bond donors (Lipinski definition) is 2. The number of aryl methyl sites for hydroxylation is 1. The fourth-order valence-corrected chi connectivity index (χ4v) is 3.63. The third-order valence-electron chi connectivity index (χ3n) is 4.81. The summed E-state index contributed by atoms with van der Waals surface area (Å²) in [5.41, 5.74) is 3.52. The highest BCUT2D eigenvalue weighted by Crippen LogP contribution is 2.26. The van der Waals surface area contributed by atoms with E-state index in [2.05, 4.69) is 46.7 Å². The maximum atomic E-state index is 5.50. The van der Waals surface area contributed by atoms with Crippen molar-refractivity contribution in [1.29, 1.82) is 0 Å². The Hall–Kier alpha value is -2.11. The molecule has 2 aromatic carbocycles. The molecule has 138 valence electrons. The van der Waals surface area contributed by atoms with Gasteiger partial charge in [-0.2, -0.15) is 0 Å². The second-order valence-corrected chi connectivity index (χ2v) is 7.14. The molecule has 1 fully saturated rings. The molecular formula is C21H27N3OS. The Morgan fingerprint density at radius 2 is 1.88 bits per heavy atom. The first-order valence-electron chi connectivity index (χ1n) is 9.15. The van der Waals surface area contributed by atoms with Crippen LogP contribution in [-0.4, -0.2) is 36.8 Å². The second kappa shape index (κ2) is 9.01. The van der Waals surface area contributed by atoms with E-state index in [0.717, 1.165) is 31.1 Å². The van der Waals surface area contributed by atoms with Crippen molar-refractivity contribution >= 4 is 23.0 Å². The number of hydrogen-bond acceptors (Lipinski definition) is 3. The van der Waals surface area contributed by atoms with Gasteiger partial charge < -0.3 is 15.4 Å². The number of thiocarbonyl (C=S) groups is 1. The molecule has 1 aliphatic heterocycles. The van der Waals surface area contributed by atoms with Crippen molar-refractivity contribution in [2.75, 3.05) is 32.1 Å². The Bertz CT molecular complexity index is 726. The molecular weight excluding hydrogens is 342 g/mol. The first kappa shape index (κ1) is 18.7. The highest BCUT2D eigenvalue weighted by atomic mass is 32.1. The fraction of sp³-hybridized carbons (Fsp3) is 0.381.